The van der Waals surface area contributed by atoms with Gasteiger partial charge in [-0.25, -0.2) is 4.79 Å². The Morgan fingerprint density at radius 3 is 2.75 bits per heavy atom. The van der Waals surface area contributed by atoms with Gasteiger partial charge in [0.25, 0.3) is 0 Å². The van der Waals surface area contributed by atoms with Crippen molar-refractivity contribution in [1.29, 1.82) is 0 Å². The van der Waals surface area contributed by atoms with Crippen LogP contribution in [0.3, 0.4) is 0 Å². The highest BCUT2D eigenvalue weighted by molar-refractivity contribution is 6.36. The largest absolute Gasteiger partial charge is 0.494 e. The number of H-pyrrole nitrogens is 1. The van der Waals surface area contributed by atoms with E-state index in [0.717, 1.165) is 0 Å². The third kappa shape index (κ3) is 2.71. The normalized spacial score (nSPS) is 10.4. The molecular formula is C12H11Cl2N3O3. The molecule has 2 rings (SSSR count). The SMILES string of the molecule is CCOC(=O)c1n[nH]nc1-c1cc(Cl)cc(Cl)c1OC. The molecule has 0 aliphatic rings. The molecule has 0 bridgehead atoms. The minimum absolute atomic E-state index is 0.0449. The Morgan fingerprint density at radius 1 is 1.35 bits per heavy atom. The van der Waals surface area contributed by atoms with E-state index in [2.05, 4.69) is 15.4 Å². The van der Waals surface area contributed by atoms with Crippen molar-refractivity contribution in [2.45, 2.75) is 6.92 Å². The summed E-state index contributed by atoms with van der Waals surface area (Å²) in [4.78, 5) is 11.8. The fourth-order valence-corrected chi connectivity index (χ4v) is 2.27. The Morgan fingerprint density at radius 2 is 2.10 bits per heavy atom. The Kier molecular flexibility index (Phi) is 4.46. The number of hydrogen-bond acceptors (Lipinski definition) is 5. The number of methoxy groups -OCH3 is 1. The first-order chi connectivity index (χ1) is 9.58. The molecule has 0 aliphatic carbocycles. The van der Waals surface area contributed by atoms with Crippen LogP contribution in [0, 0.1) is 0 Å². The summed E-state index contributed by atoms with van der Waals surface area (Å²) >= 11 is 12.0. The molecule has 0 saturated carbocycles. The number of rotatable bonds is 4. The molecule has 1 N–H and O–H groups in total. The number of carbonyl (C=O) groups is 1. The second-order valence-electron chi connectivity index (χ2n) is 3.71. The summed E-state index contributed by atoms with van der Waals surface area (Å²) in [5.41, 5.74) is 0.773. The Balaban J connectivity index is 2.58. The molecule has 0 saturated heterocycles. The summed E-state index contributed by atoms with van der Waals surface area (Å²) in [5.74, 6) is -0.232. The van der Waals surface area contributed by atoms with E-state index in [-0.39, 0.29) is 18.0 Å². The molecule has 8 heteroatoms. The first-order valence-corrected chi connectivity index (χ1v) is 6.45. The van der Waals surface area contributed by atoms with E-state index in [1.165, 1.54) is 13.2 Å². The van der Waals surface area contributed by atoms with Gasteiger partial charge in [0.1, 0.15) is 11.4 Å². The lowest BCUT2D eigenvalue weighted by molar-refractivity contribution is 0.0520. The molecule has 20 heavy (non-hydrogen) atoms. The molecule has 1 aromatic heterocycles. The summed E-state index contributed by atoms with van der Waals surface area (Å²) in [5, 5.41) is 10.8. The molecule has 0 spiro atoms. The van der Waals surface area contributed by atoms with E-state index in [1.807, 2.05) is 0 Å². The van der Waals surface area contributed by atoms with Crippen LogP contribution in [-0.2, 0) is 4.74 Å². The Hall–Kier alpha value is -1.79. The van der Waals surface area contributed by atoms with Crippen LogP contribution >= 0.6 is 23.2 Å². The fraction of sp³-hybridized carbons (Fsp3) is 0.250. The summed E-state index contributed by atoms with van der Waals surface area (Å²) in [6, 6.07) is 3.13. The van der Waals surface area contributed by atoms with Crippen molar-refractivity contribution in [3.8, 4) is 17.0 Å². The fourth-order valence-electron chi connectivity index (χ4n) is 1.70. The van der Waals surface area contributed by atoms with Gasteiger partial charge in [0.15, 0.2) is 5.69 Å². The molecule has 0 fully saturated rings. The topological polar surface area (TPSA) is 77.1 Å². The van der Waals surface area contributed by atoms with Crippen LogP contribution in [0.2, 0.25) is 10.0 Å². The minimum atomic E-state index is -0.589. The standard InChI is InChI=1S/C12H11Cl2N3O3/c1-3-20-12(18)10-9(15-17-16-10)7-4-6(13)5-8(14)11(7)19-2/h4-5H,3H2,1-2H3,(H,15,16,17). The van der Waals surface area contributed by atoms with Crippen molar-refractivity contribution in [1.82, 2.24) is 15.4 Å². The predicted molar refractivity (Wildman–Crippen MR) is 74.3 cm³/mol. The van der Waals surface area contributed by atoms with Crippen molar-refractivity contribution in [2.24, 2.45) is 0 Å². The average Bonchev–Trinajstić information content (AvgIpc) is 2.87. The van der Waals surface area contributed by atoms with Gasteiger partial charge in [-0.05, 0) is 19.1 Å². The first-order valence-electron chi connectivity index (χ1n) is 5.69. The first kappa shape index (κ1) is 14.6. The summed E-state index contributed by atoms with van der Waals surface area (Å²) in [6.45, 7) is 1.94. The maximum atomic E-state index is 11.8. The lowest BCUT2D eigenvalue weighted by Crippen LogP contribution is -2.07. The van der Waals surface area contributed by atoms with E-state index < -0.39 is 5.97 Å². The van der Waals surface area contributed by atoms with E-state index in [1.54, 1.807) is 13.0 Å². The monoisotopic (exact) mass is 315 g/mol. The molecule has 0 unspecified atom stereocenters. The quantitative estimate of drug-likeness (QED) is 0.878. The molecule has 0 amide bonds. The Labute approximate surface area is 125 Å². The van der Waals surface area contributed by atoms with Crippen molar-refractivity contribution in [2.75, 3.05) is 13.7 Å². The second-order valence-corrected chi connectivity index (χ2v) is 4.55. The lowest BCUT2D eigenvalue weighted by Gasteiger charge is -2.09. The number of ether oxygens (including phenoxy) is 2. The molecule has 2 aromatic rings. The summed E-state index contributed by atoms with van der Waals surface area (Å²) in [6.07, 6.45) is 0. The molecular weight excluding hydrogens is 305 g/mol. The van der Waals surface area contributed by atoms with Crippen molar-refractivity contribution < 1.29 is 14.3 Å². The average molecular weight is 316 g/mol. The number of hydrogen-bond donors (Lipinski definition) is 1. The van der Waals surface area contributed by atoms with Crippen molar-refractivity contribution in [3.05, 3.63) is 27.9 Å². The highest BCUT2D eigenvalue weighted by Gasteiger charge is 2.23. The highest BCUT2D eigenvalue weighted by Crippen LogP contribution is 2.38. The smallest absolute Gasteiger partial charge is 0.361 e. The molecule has 106 valence electrons. The number of halogens is 2. The second kappa shape index (κ2) is 6.11. The predicted octanol–water partition coefficient (Wildman–Crippen LogP) is 2.96. The van der Waals surface area contributed by atoms with E-state index >= 15 is 0 Å². The summed E-state index contributed by atoms with van der Waals surface area (Å²) in [7, 11) is 1.46. The molecule has 6 nitrogen and oxygen atoms in total. The van der Waals surface area contributed by atoms with Gasteiger partial charge in [-0.3, -0.25) is 0 Å². The van der Waals surface area contributed by atoms with Crippen LogP contribution in [-0.4, -0.2) is 35.1 Å². The van der Waals surface area contributed by atoms with Gasteiger partial charge in [0.2, 0.25) is 0 Å². The lowest BCUT2D eigenvalue weighted by atomic mass is 10.1. The van der Waals surface area contributed by atoms with Gasteiger partial charge in [0.05, 0.1) is 18.7 Å². The zero-order valence-electron chi connectivity index (χ0n) is 10.7. The van der Waals surface area contributed by atoms with Crippen LogP contribution in [0.4, 0.5) is 0 Å². The molecule has 0 atom stereocenters. The van der Waals surface area contributed by atoms with Gasteiger partial charge in [0, 0.05) is 10.6 Å². The van der Waals surface area contributed by atoms with Gasteiger partial charge >= 0.3 is 5.97 Å². The van der Waals surface area contributed by atoms with E-state index in [0.29, 0.717) is 21.4 Å². The van der Waals surface area contributed by atoms with Crippen LogP contribution in [0.1, 0.15) is 17.4 Å². The van der Waals surface area contributed by atoms with Gasteiger partial charge < -0.3 is 9.47 Å². The molecule has 0 radical (unpaired) electrons. The maximum Gasteiger partial charge on any atom is 0.361 e. The third-order valence-electron chi connectivity index (χ3n) is 2.48. The Bertz CT molecular complexity index is 643. The van der Waals surface area contributed by atoms with Crippen LogP contribution in [0.25, 0.3) is 11.3 Å². The number of benzene rings is 1. The van der Waals surface area contributed by atoms with E-state index in [4.69, 9.17) is 32.7 Å². The molecule has 1 aromatic carbocycles. The van der Waals surface area contributed by atoms with Gasteiger partial charge in [-0.1, -0.05) is 23.2 Å². The van der Waals surface area contributed by atoms with Crippen molar-refractivity contribution in [3.63, 3.8) is 0 Å². The van der Waals surface area contributed by atoms with Gasteiger partial charge in [-0.2, -0.15) is 10.3 Å². The minimum Gasteiger partial charge on any atom is -0.494 e. The number of nitrogens with one attached hydrogen (secondary N) is 1. The zero-order valence-corrected chi connectivity index (χ0v) is 12.2. The number of esters is 1. The van der Waals surface area contributed by atoms with Crippen LogP contribution < -0.4 is 4.74 Å². The van der Waals surface area contributed by atoms with Crippen molar-refractivity contribution >= 4 is 29.2 Å². The van der Waals surface area contributed by atoms with Gasteiger partial charge in [-0.15, -0.1) is 5.10 Å². The maximum absolute atomic E-state index is 11.8. The third-order valence-corrected chi connectivity index (χ3v) is 2.98. The number of aromatic amines is 1. The number of carbonyl (C=O) groups excluding carboxylic acids is 1. The molecule has 1 heterocycles. The highest BCUT2D eigenvalue weighted by atomic mass is 35.5. The number of nitrogens with zero attached hydrogens (tertiary/aromatic N) is 2. The van der Waals surface area contributed by atoms with E-state index in [9.17, 15) is 4.79 Å². The number of aromatic nitrogens is 3. The summed E-state index contributed by atoms with van der Waals surface area (Å²) < 4.78 is 10.1. The van der Waals surface area contributed by atoms with Crippen LogP contribution in [0.15, 0.2) is 12.1 Å². The zero-order chi connectivity index (χ0) is 14.7. The molecule has 0 aliphatic heterocycles. The van der Waals surface area contributed by atoms with Crippen LogP contribution in [0.5, 0.6) is 5.75 Å².